The van der Waals surface area contributed by atoms with Crippen LogP contribution >= 0.6 is 0 Å². The van der Waals surface area contributed by atoms with Gasteiger partial charge in [-0.05, 0) is 24.1 Å². The third-order valence-corrected chi connectivity index (χ3v) is 4.16. The van der Waals surface area contributed by atoms with E-state index in [1.54, 1.807) is 11.0 Å². The quantitative estimate of drug-likeness (QED) is 0.460. The molecule has 1 aliphatic rings. The molecule has 0 aromatic heterocycles. The maximum absolute atomic E-state index is 13.4. The zero-order valence-electron chi connectivity index (χ0n) is 16.1. The first-order valence-electron chi connectivity index (χ1n) is 9.38. The molecule has 1 heterocycles. The molecule has 0 radical (unpaired) electrons. The molecule has 154 valence electrons. The van der Waals surface area contributed by atoms with Crippen LogP contribution in [0, 0.1) is 5.82 Å². The molecule has 0 bridgehead atoms. The molecule has 2 rings (SSSR count). The minimum Gasteiger partial charge on any atom is -0.491 e. The first-order valence-corrected chi connectivity index (χ1v) is 9.38. The van der Waals surface area contributed by atoms with Crippen LogP contribution in [0.25, 0.3) is 0 Å². The number of nitrogens with zero attached hydrogens (tertiary/aromatic N) is 1. The van der Waals surface area contributed by atoms with Crippen molar-refractivity contribution >= 4 is 12.0 Å². The van der Waals surface area contributed by atoms with Crippen molar-refractivity contribution < 1.29 is 28.2 Å². The zero-order chi connectivity index (χ0) is 20.4. The molecule has 1 aromatic carbocycles. The molecule has 1 N–H and O–H groups in total. The molecule has 0 unspecified atom stereocenters. The number of ether oxygens (including phenoxy) is 3. The van der Waals surface area contributed by atoms with E-state index in [1.165, 1.54) is 18.2 Å². The Balaban J connectivity index is 1.52. The lowest BCUT2D eigenvalue weighted by atomic mass is 10.1. The Morgan fingerprint density at radius 3 is 2.82 bits per heavy atom. The predicted octanol–water partition coefficient (Wildman–Crippen LogP) is 2.30. The molecule has 0 spiro atoms. The fourth-order valence-electron chi connectivity index (χ4n) is 2.69. The van der Waals surface area contributed by atoms with E-state index in [0.717, 1.165) is 18.4 Å². The predicted molar refractivity (Wildman–Crippen MR) is 102 cm³/mol. The van der Waals surface area contributed by atoms with Gasteiger partial charge < -0.3 is 24.4 Å². The van der Waals surface area contributed by atoms with Crippen LogP contribution in [0.2, 0.25) is 0 Å². The summed E-state index contributed by atoms with van der Waals surface area (Å²) < 4.78 is 29.5. The second-order valence-electron chi connectivity index (χ2n) is 6.36. The topological polar surface area (TPSA) is 77.1 Å². The molecule has 28 heavy (non-hydrogen) atoms. The maximum atomic E-state index is 13.4. The molecule has 8 heteroatoms. The van der Waals surface area contributed by atoms with Crippen molar-refractivity contribution in [2.75, 3.05) is 39.5 Å². The standard InChI is InChI=1S/C20H27FN2O5/c1-3-5-15-6-7-16(21)12-18(15)27-11-10-26-9-8-22-20(25)28-17-13-23(14-17)19(24)4-2/h4,6-7,12,17H,2-3,5,8-11,13-14H2,1H3,(H,22,25). The van der Waals surface area contributed by atoms with Gasteiger partial charge in [-0.3, -0.25) is 4.79 Å². The van der Waals surface area contributed by atoms with Crippen LogP contribution in [-0.4, -0.2) is 62.5 Å². The van der Waals surface area contributed by atoms with E-state index in [9.17, 15) is 14.0 Å². The molecule has 1 aromatic rings. The highest BCUT2D eigenvalue weighted by Gasteiger charge is 2.32. The van der Waals surface area contributed by atoms with Gasteiger partial charge in [-0.1, -0.05) is 26.0 Å². The molecular formula is C20H27FN2O5. The number of aryl methyl sites for hydroxylation is 1. The van der Waals surface area contributed by atoms with E-state index >= 15 is 0 Å². The number of nitrogens with one attached hydrogen (secondary N) is 1. The lowest BCUT2D eigenvalue weighted by Crippen LogP contribution is -2.55. The lowest BCUT2D eigenvalue weighted by Gasteiger charge is -2.37. The minimum atomic E-state index is -0.542. The molecule has 1 fully saturated rings. The Labute approximate surface area is 164 Å². The van der Waals surface area contributed by atoms with Gasteiger partial charge in [-0.2, -0.15) is 0 Å². The summed E-state index contributed by atoms with van der Waals surface area (Å²) in [5.74, 6) is 0.0366. The van der Waals surface area contributed by atoms with Crippen molar-refractivity contribution in [3.63, 3.8) is 0 Å². The van der Waals surface area contributed by atoms with Crippen molar-refractivity contribution in [3.8, 4) is 5.75 Å². The average Bonchev–Trinajstić information content (AvgIpc) is 2.65. The number of likely N-dealkylation sites (tertiary alicyclic amines) is 1. The fraction of sp³-hybridized carbons (Fsp3) is 0.500. The van der Waals surface area contributed by atoms with Gasteiger partial charge in [0, 0.05) is 12.6 Å². The number of rotatable bonds is 11. The molecular weight excluding hydrogens is 367 g/mol. The van der Waals surface area contributed by atoms with E-state index in [0.29, 0.717) is 45.2 Å². The van der Waals surface area contributed by atoms with Crippen LogP contribution in [0.5, 0.6) is 5.75 Å². The maximum Gasteiger partial charge on any atom is 0.407 e. The molecule has 0 atom stereocenters. The average molecular weight is 394 g/mol. The Morgan fingerprint density at radius 1 is 1.32 bits per heavy atom. The summed E-state index contributed by atoms with van der Waals surface area (Å²) in [7, 11) is 0. The molecule has 2 amide bonds. The van der Waals surface area contributed by atoms with Crippen molar-refractivity contribution in [1.82, 2.24) is 10.2 Å². The van der Waals surface area contributed by atoms with E-state index in [4.69, 9.17) is 14.2 Å². The fourth-order valence-corrected chi connectivity index (χ4v) is 2.69. The van der Waals surface area contributed by atoms with Crippen LogP contribution < -0.4 is 10.1 Å². The van der Waals surface area contributed by atoms with Crippen LogP contribution in [0.3, 0.4) is 0 Å². The molecule has 0 aliphatic carbocycles. The second kappa shape index (κ2) is 11.3. The van der Waals surface area contributed by atoms with Crippen molar-refractivity contribution in [3.05, 3.63) is 42.2 Å². The summed E-state index contributed by atoms with van der Waals surface area (Å²) in [5, 5.41) is 2.58. The summed E-state index contributed by atoms with van der Waals surface area (Å²) in [6.45, 7) is 7.42. The molecule has 0 saturated carbocycles. The Morgan fingerprint density at radius 2 is 2.11 bits per heavy atom. The first-order chi connectivity index (χ1) is 13.5. The molecule has 1 aliphatic heterocycles. The summed E-state index contributed by atoms with van der Waals surface area (Å²) in [6.07, 6.45) is 2.17. The van der Waals surface area contributed by atoms with Crippen LogP contribution in [0.15, 0.2) is 30.9 Å². The van der Waals surface area contributed by atoms with E-state index in [-0.39, 0.29) is 17.8 Å². The smallest absolute Gasteiger partial charge is 0.407 e. The summed E-state index contributed by atoms with van der Waals surface area (Å²) in [5.41, 5.74) is 0.970. The number of halogens is 1. The van der Waals surface area contributed by atoms with Crippen molar-refractivity contribution in [2.24, 2.45) is 0 Å². The highest BCUT2D eigenvalue weighted by molar-refractivity contribution is 5.87. The van der Waals surface area contributed by atoms with Crippen molar-refractivity contribution in [1.29, 1.82) is 0 Å². The normalized spacial score (nSPS) is 13.6. The minimum absolute atomic E-state index is 0.170. The van der Waals surface area contributed by atoms with Crippen LogP contribution in [0.1, 0.15) is 18.9 Å². The largest absolute Gasteiger partial charge is 0.491 e. The van der Waals surface area contributed by atoms with Gasteiger partial charge in [-0.25, -0.2) is 9.18 Å². The SMILES string of the molecule is C=CC(=O)N1CC(OC(=O)NCCOCCOc2cc(F)ccc2CCC)C1. The molecule has 1 saturated heterocycles. The highest BCUT2D eigenvalue weighted by atomic mass is 19.1. The zero-order valence-corrected chi connectivity index (χ0v) is 16.1. The number of alkyl carbamates (subject to hydrolysis) is 1. The van der Waals surface area contributed by atoms with E-state index in [2.05, 4.69) is 18.8 Å². The summed E-state index contributed by atoms with van der Waals surface area (Å²) in [6, 6.07) is 4.55. The number of hydrogen-bond donors (Lipinski definition) is 1. The van der Waals surface area contributed by atoms with Gasteiger partial charge in [0.25, 0.3) is 0 Å². The van der Waals surface area contributed by atoms with Crippen LogP contribution in [0.4, 0.5) is 9.18 Å². The Bertz CT molecular complexity index is 677. The number of carbonyl (C=O) groups is 2. The monoisotopic (exact) mass is 394 g/mol. The number of amides is 2. The highest BCUT2D eigenvalue weighted by Crippen LogP contribution is 2.21. The van der Waals surface area contributed by atoms with Gasteiger partial charge in [0.1, 0.15) is 24.3 Å². The van der Waals surface area contributed by atoms with Gasteiger partial charge >= 0.3 is 6.09 Å². The Kier molecular flexibility index (Phi) is 8.74. The van der Waals surface area contributed by atoms with Gasteiger partial charge in [0.15, 0.2) is 0 Å². The Hall–Kier alpha value is -2.61. The van der Waals surface area contributed by atoms with Gasteiger partial charge in [0.2, 0.25) is 5.91 Å². The summed E-state index contributed by atoms with van der Waals surface area (Å²) in [4.78, 5) is 24.5. The number of benzene rings is 1. The summed E-state index contributed by atoms with van der Waals surface area (Å²) >= 11 is 0. The van der Waals surface area contributed by atoms with Crippen molar-refractivity contribution in [2.45, 2.75) is 25.9 Å². The second-order valence-corrected chi connectivity index (χ2v) is 6.36. The van der Waals surface area contributed by atoms with Crippen LogP contribution in [-0.2, 0) is 20.7 Å². The third-order valence-electron chi connectivity index (χ3n) is 4.16. The molecule has 7 nitrogen and oxygen atoms in total. The first kappa shape index (κ1) is 21.7. The lowest BCUT2D eigenvalue weighted by molar-refractivity contribution is -0.135. The van der Waals surface area contributed by atoms with E-state index < -0.39 is 6.09 Å². The van der Waals surface area contributed by atoms with Gasteiger partial charge in [0.05, 0.1) is 26.3 Å². The third kappa shape index (κ3) is 6.84. The number of hydrogen-bond acceptors (Lipinski definition) is 5. The number of carbonyl (C=O) groups excluding carboxylic acids is 2. The van der Waals surface area contributed by atoms with Gasteiger partial charge in [-0.15, -0.1) is 0 Å². The van der Waals surface area contributed by atoms with E-state index in [1.807, 2.05) is 0 Å².